The number of nitrogens with one attached hydrogen (secondary N) is 1. The molecule has 1 aromatic heterocycles. The molecule has 2 unspecified atom stereocenters. The van der Waals surface area contributed by atoms with E-state index in [9.17, 15) is 9.59 Å². The van der Waals surface area contributed by atoms with E-state index >= 15 is 0 Å². The molecule has 5 nitrogen and oxygen atoms in total. The summed E-state index contributed by atoms with van der Waals surface area (Å²) >= 11 is 1.10. The molecule has 80 valence electrons. The second-order valence-electron chi connectivity index (χ2n) is 3.70. The van der Waals surface area contributed by atoms with E-state index in [1.807, 2.05) is 6.92 Å². The molecule has 1 aliphatic rings. The van der Waals surface area contributed by atoms with Gasteiger partial charge in [0.15, 0.2) is 5.13 Å². The molecule has 1 heterocycles. The number of hydrogen-bond acceptors (Lipinski definition) is 4. The van der Waals surface area contributed by atoms with Gasteiger partial charge >= 0.3 is 0 Å². The molecule has 1 saturated carbocycles. The van der Waals surface area contributed by atoms with Gasteiger partial charge in [0.1, 0.15) is 4.88 Å². The van der Waals surface area contributed by atoms with Gasteiger partial charge in [-0.3, -0.25) is 9.59 Å². The predicted molar refractivity (Wildman–Crippen MR) is 56.5 cm³/mol. The SMILES string of the molecule is CC1CC1C(=O)Nc1ncc(C(N)=O)s1. The van der Waals surface area contributed by atoms with Gasteiger partial charge in [-0.25, -0.2) is 4.98 Å². The van der Waals surface area contributed by atoms with Crippen molar-refractivity contribution in [3.8, 4) is 0 Å². The Morgan fingerprint density at radius 1 is 1.67 bits per heavy atom. The standard InChI is InChI=1S/C9H11N3O2S/c1-4-2-5(4)8(14)12-9-11-3-6(15-9)7(10)13/h3-5H,2H2,1H3,(H2,10,13)(H,11,12,14). The molecule has 0 aliphatic heterocycles. The zero-order valence-electron chi connectivity index (χ0n) is 8.19. The highest BCUT2D eigenvalue weighted by Crippen LogP contribution is 2.38. The van der Waals surface area contributed by atoms with Crippen LogP contribution in [0, 0.1) is 11.8 Å². The maximum Gasteiger partial charge on any atom is 0.260 e. The summed E-state index contributed by atoms with van der Waals surface area (Å²) in [4.78, 5) is 26.5. The van der Waals surface area contributed by atoms with E-state index in [0.29, 0.717) is 15.9 Å². The lowest BCUT2D eigenvalue weighted by Crippen LogP contribution is -2.14. The maximum atomic E-state index is 11.5. The fourth-order valence-electron chi connectivity index (χ4n) is 1.33. The second kappa shape index (κ2) is 3.62. The number of rotatable bonds is 3. The minimum Gasteiger partial charge on any atom is -0.365 e. The molecular weight excluding hydrogens is 214 g/mol. The molecule has 0 radical (unpaired) electrons. The Labute approximate surface area is 90.7 Å². The molecular formula is C9H11N3O2S. The number of anilines is 1. The van der Waals surface area contributed by atoms with Gasteiger partial charge < -0.3 is 11.1 Å². The Morgan fingerprint density at radius 2 is 2.33 bits per heavy atom. The van der Waals surface area contributed by atoms with Crippen molar-refractivity contribution in [1.29, 1.82) is 0 Å². The molecule has 0 bridgehead atoms. The van der Waals surface area contributed by atoms with Crippen LogP contribution in [0.2, 0.25) is 0 Å². The van der Waals surface area contributed by atoms with Gasteiger partial charge in [-0.05, 0) is 12.3 Å². The predicted octanol–water partition coefficient (Wildman–Crippen LogP) is 0.837. The maximum absolute atomic E-state index is 11.5. The van der Waals surface area contributed by atoms with Gasteiger partial charge in [0.25, 0.3) is 5.91 Å². The van der Waals surface area contributed by atoms with Crippen LogP contribution in [-0.2, 0) is 4.79 Å². The summed E-state index contributed by atoms with van der Waals surface area (Å²) in [6.07, 6.45) is 2.30. The van der Waals surface area contributed by atoms with Gasteiger partial charge in [-0.1, -0.05) is 18.3 Å². The first-order valence-corrected chi connectivity index (χ1v) is 5.46. The Hall–Kier alpha value is -1.43. The first-order chi connectivity index (χ1) is 7.08. The van der Waals surface area contributed by atoms with Crippen LogP contribution < -0.4 is 11.1 Å². The number of primary amides is 1. The lowest BCUT2D eigenvalue weighted by atomic mass is 10.3. The fraction of sp³-hybridized carbons (Fsp3) is 0.444. The van der Waals surface area contributed by atoms with Gasteiger partial charge in [0, 0.05) is 5.92 Å². The number of amides is 2. The third-order valence-corrected chi connectivity index (χ3v) is 3.35. The van der Waals surface area contributed by atoms with Gasteiger partial charge in [-0.2, -0.15) is 0 Å². The largest absolute Gasteiger partial charge is 0.365 e. The quantitative estimate of drug-likeness (QED) is 0.799. The van der Waals surface area contributed by atoms with Crippen molar-refractivity contribution in [3.63, 3.8) is 0 Å². The lowest BCUT2D eigenvalue weighted by molar-refractivity contribution is -0.117. The molecule has 1 aromatic rings. The van der Waals surface area contributed by atoms with Crippen LogP contribution in [0.25, 0.3) is 0 Å². The van der Waals surface area contributed by atoms with Gasteiger partial charge in [0.2, 0.25) is 5.91 Å². The summed E-state index contributed by atoms with van der Waals surface area (Å²) in [5.41, 5.74) is 5.07. The average molecular weight is 225 g/mol. The average Bonchev–Trinajstić information content (AvgIpc) is 2.73. The van der Waals surface area contributed by atoms with Crippen LogP contribution >= 0.6 is 11.3 Å². The molecule has 2 rings (SSSR count). The van der Waals surface area contributed by atoms with Crippen LogP contribution in [-0.4, -0.2) is 16.8 Å². The number of thiazole rings is 1. The molecule has 15 heavy (non-hydrogen) atoms. The zero-order valence-corrected chi connectivity index (χ0v) is 9.00. The third-order valence-electron chi connectivity index (χ3n) is 2.42. The van der Waals surface area contributed by atoms with Gasteiger partial charge in [-0.15, -0.1) is 0 Å². The molecule has 1 fully saturated rings. The lowest BCUT2D eigenvalue weighted by Gasteiger charge is -1.98. The van der Waals surface area contributed by atoms with Crippen molar-refractivity contribution in [2.24, 2.45) is 17.6 Å². The number of carbonyl (C=O) groups is 2. The summed E-state index contributed by atoms with van der Waals surface area (Å²) in [6, 6.07) is 0. The number of nitrogens with two attached hydrogens (primary N) is 1. The van der Waals surface area contributed by atoms with Crippen molar-refractivity contribution in [1.82, 2.24) is 4.98 Å². The molecule has 3 N–H and O–H groups in total. The Balaban J connectivity index is 1.98. The summed E-state index contributed by atoms with van der Waals surface area (Å²) < 4.78 is 0. The molecule has 6 heteroatoms. The van der Waals surface area contributed by atoms with Crippen LogP contribution in [0.4, 0.5) is 5.13 Å². The van der Waals surface area contributed by atoms with Gasteiger partial charge in [0.05, 0.1) is 6.20 Å². The number of hydrogen-bond donors (Lipinski definition) is 2. The first-order valence-electron chi connectivity index (χ1n) is 4.64. The summed E-state index contributed by atoms with van der Waals surface area (Å²) in [5.74, 6) is 0.0205. The number of nitrogens with zero attached hydrogens (tertiary/aromatic N) is 1. The highest BCUT2D eigenvalue weighted by Gasteiger charge is 2.39. The topological polar surface area (TPSA) is 85.1 Å². The van der Waals surface area contributed by atoms with E-state index in [1.54, 1.807) is 0 Å². The van der Waals surface area contributed by atoms with Crippen molar-refractivity contribution in [2.45, 2.75) is 13.3 Å². The minimum atomic E-state index is -0.521. The van der Waals surface area contributed by atoms with Crippen molar-refractivity contribution < 1.29 is 9.59 Å². The first kappa shape index (κ1) is 10.1. The molecule has 2 atom stereocenters. The van der Waals surface area contributed by atoms with E-state index in [2.05, 4.69) is 10.3 Å². The smallest absolute Gasteiger partial charge is 0.260 e. The number of aromatic nitrogens is 1. The summed E-state index contributed by atoms with van der Waals surface area (Å²) in [6.45, 7) is 2.03. The van der Waals surface area contributed by atoms with Crippen molar-refractivity contribution in [3.05, 3.63) is 11.1 Å². The Bertz CT molecular complexity index is 415. The van der Waals surface area contributed by atoms with E-state index in [4.69, 9.17) is 5.73 Å². The highest BCUT2D eigenvalue weighted by molar-refractivity contribution is 7.17. The molecule has 0 saturated heterocycles. The summed E-state index contributed by atoms with van der Waals surface area (Å²) in [7, 11) is 0. The third kappa shape index (κ3) is 2.15. The molecule has 0 spiro atoms. The van der Waals surface area contributed by atoms with Crippen molar-refractivity contribution in [2.75, 3.05) is 5.32 Å². The zero-order chi connectivity index (χ0) is 11.0. The Morgan fingerprint density at radius 3 is 2.80 bits per heavy atom. The molecule has 1 aliphatic carbocycles. The normalized spacial score (nSPS) is 23.5. The van der Waals surface area contributed by atoms with Crippen LogP contribution in [0.5, 0.6) is 0 Å². The number of carbonyl (C=O) groups excluding carboxylic acids is 2. The fourth-order valence-corrected chi connectivity index (χ4v) is 2.00. The molecule has 2 amide bonds. The second-order valence-corrected chi connectivity index (χ2v) is 4.73. The van der Waals surface area contributed by atoms with E-state index < -0.39 is 5.91 Å². The van der Waals surface area contributed by atoms with Crippen LogP contribution in [0.1, 0.15) is 23.0 Å². The highest BCUT2D eigenvalue weighted by atomic mass is 32.1. The summed E-state index contributed by atoms with van der Waals surface area (Å²) in [5, 5.41) is 3.11. The van der Waals surface area contributed by atoms with E-state index in [-0.39, 0.29) is 11.8 Å². The van der Waals surface area contributed by atoms with Crippen LogP contribution in [0.15, 0.2) is 6.20 Å². The van der Waals surface area contributed by atoms with Crippen LogP contribution in [0.3, 0.4) is 0 Å². The minimum absolute atomic E-state index is 0.0205. The monoisotopic (exact) mass is 225 g/mol. The molecule has 0 aromatic carbocycles. The van der Waals surface area contributed by atoms with E-state index in [0.717, 1.165) is 17.8 Å². The van der Waals surface area contributed by atoms with Crippen molar-refractivity contribution >= 4 is 28.3 Å². The Kier molecular flexibility index (Phi) is 2.44. The van der Waals surface area contributed by atoms with E-state index in [1.165, 1.54) is 6.20 Å².